The second kappa shape index (κ2) is 62.7. The number of hydrogen-bond acceptors (Lipinski definition) is 7. The second-order valence-electron chi connectivity index (χ2n) is 22.0. The normalized spacial score (nSPS) is 13.9. The lowest BCUT2D eigenvalue weighted by Crippen LogP contribution is -2.40. The lowest BCUT2D eigenvalue weighted by molar-refractivity contribution is -0.870. The minimum absolute atomic E-state index is 0.173. The third-order valence-electron chi connectivity index (χ3n) is 13.0. The summed E-state index contributed by atoms with van der Waals surface area (Å²) in [6.45, 7) is 4.60. The molecule has 466 valence electrons. The van der Waals surface area contributed by atoms with Crippen LogP contribution in [0.2, 0.25) is 0 Å². The zero-order valence-corrected chi connectivity index (χ0v) is 53.0. The van der Waals surface area contributed by atoms with Gasteiger partial charge in [-0.25, -0.2) is 4.79 Å². The second-order valence-corrected chi connectivity index (χ2v) is 22.0. The predicted octanol–water partition coefficient (Wildman–Crippen LogP) is 19.9. The molecular formula is C74H118NO8+. The van der Waals surface area contributed by atoms with Gasteiger partial charge in [-0.1, -0.05) is 248 Å². The van der Waals surface area contributed by atoms with Crippen LogP contribution in [0.4, 0.5) is 0 Å². The topological polar surface area (TPSA) is 108 Å². The maximum Gasteiger partial charge on any atom is 0.361 e. The Balaban J connectivity index is 4.29. The smallest absolute Gasteiger partial charge is 0.361 e. The molecule has 0 amide bonds. The molecule has 0 bridgehead atoms. The highest BCUT2D eigenvalue weighted by atomic mass is 16.7. The van der Waals surface area contributed by atoms with Gasteiger partial charge in [0.1, 0.15) is 13.2 Å². The summed E-state index contributed by atoms with van der Waals surface area (Å²) in [7, 11) is 5.95. The lowest BCUT2D eigenvalue weighted by atomic mass is 10.1. The third kappa shape index (κ3) is 64.1. The fourth-order valence-electron chi connectivity index (χ4n) is 8.09. The maximum absolute atomic E-state index is 12.9. The molecule has 0 aromatic heterocycles. The Labute approximate surface area is 507 Å². The Morgan fingerprint density at radius 1 is 0.361 bits per heavy atom. The largest absolute Gasteiger partial charge is 0.477 e. The van der Waals surface area contributed by atoms with Crippen LogP contribution < -0.4 is 0 Å². The molecule has 0 fully saturated rings. The van der Waals surface area contributed by atoms with Crippen molar-refractivity contribution in [3.63, 3.8) is 0 Å². The van der Waals surface area contributed by atoms with Crippen LogP contribution in [0.3, 0.4) is 0 Å². The number of hydrogen-bond donors (Lipinski definition) is 1. The first-order chi connectivity index (χ1) is 40.6. The number of allylic oxidation sites excluding steroid dienone is 28. The van der Waals surface area contributed by atoms with Crippen molar-refractivity contribution in [3.8, 4) is 0 Å². The third-order valence-corrected chi connectivity index (χ3v) is 13.0. The molecule has 2 atom stereocenters. The summed E-state index contributed by atoms with van der Waals surface area (Å²) in [5.41, 5.74) is 0. The fraction of sp³-hybridized carbons (Fsp3) is 0.581. The predicted molar refractivity (Wildman–Crippen MR) is 354 cm³/mol. The molecule has 83 heavy (non-hydrogen) atoms. The molecule has 0 heterocycles. The highest BCUT2D eigenvalue weighted by Crippen LogP contribution is 2.14. The molecular weight excluding hydrogens is 1030 g/mol. The van der Waals surface area contributed by atoms with Gasteiger partial charge < -0.3 is 28.5 Å². The molecule has 0 radical (unpaired) electrons. The standard InChI is InChI=1S/C74H117NO8/c1-6-8-10-12-14-16-18-20-22-24-26-28-30-32-33-34-35-36-37-38-39-41-43-45-47-49-51-53-55-57-59-61-63-65-72(77)83-70(69-82-74(73(78)79)80-67-66-75(3,4)5)68-81-71(76)64-62-60-58-56-54-52-50-48-46-44-42-40-31-29-27-25-23-21-19-17-15-13-11-9-7-2/h8-11,14-17,20-23,26-29,32-33,35-36,38-40,42-43,45-46,48,70,74H,6-7,12-13,18-19,24-25,30-31,34,37,41,44,47,49-69H2,1-5H3/p+1/b10-8-,11-9-,16-14-,17-15-,22-20-,23-21-,28-26-,29-27-,33-32-,36-35-,39-38-,42-40-,45-43-,48-46-. The van der Waals surface area contributed by atoms with Gasteiger partial charge in [-0.3, -0.25) is 9.59 Å². The Bertz CT molecular complexity index is 1960. The molecule has 1 N–H and O–H groups in total. The quantitative estimate of drug-likeness (QED) is 0.0211. The number of quaternary nitrogens is 1. The van der Waals surface area contributed by atoms with Gasteiger partial charge in [0.2, 0.25) is 0 Å². The zero-order valence-electron chi connectivity index (χ0n) is 53.0. The Morgan fingerprint density at radius 3 is 0.964 bits per heavy atom. The van der Waals surface area contributed by atoms with Crippen molar-refractivity contribution in [3.05, 3.63) is 170 Å². The summed E-state index contributed by atoms with van der Waals surface area (Å²) in [4.78, 5) is 37.6. The van der Waals surface area contributed by atoms with E-state index in [4.69, 9.17) is 18.9 Å². The van der Waals surface area contributed by atoms with Crippen molar-refractivity contribution < 1.29 is 42.9 Å². The van der Waals surface area contributed by atoms with E-state index in [1.165, 1.54) is 25.7 Å². The van der Waals surface area contributed by atoms with E-state index in [1.54, 1.807) is 0 Å². The highest BCUT2D eigenvalue weighted by Gasteiger charge is 2.25. The van der Waals surface area contributed by atoms with Gasteiger partial charge in [0.25, 0.3) is 6.29 Å². The average Bonchev–Trinajstić information content (AvgIpc) is 3.46. The molecule has 2 unspecified atom stereocenters. The maximum atomic E-state index is 12.9. The SMILES string of the molecule is CC/C=C\C/C=C\C/C=C\C/C=C\C/C=C\C/C=C\C/C=C\C/C=C\CCCCCCCCCCC(=O)OC(COC(=O)CCCCCCCC/C=C\C/C=C\C/C=C\C/C=C\C/C=C\C/C=C\CC)COC(OCC[N+](C)(C)C)C(=O)O. The summed E-state index contributed by atoms with van der Waals surface area (Å²) in [6, 6.07) is 0. The van der Waals surface area contributed by atoms with Crippen molar-refractivity contribution in [2.24, 2.45) is 0 Å². The van der Waals surface area contributed by atoms with E-state index < -0.39 is 24.3 Å². The Hall–Kier alpha value is -5.35. The van der Waals surface area contributed by atoms with Crippen LogP contribution in [-0.2, 0) is 33.3 Å². The van der Waals surface area contributed by atoms with Gasteiger partial charge in [-0.2, -0.15) is 0 Å². The molecule has 0 saturated heterocycles. The van der Waals surface area contributed by atoms with Crippen LogP contribution in [0.25, 0.3) is 0 Å². The van der Waals surface area contributed by atoms with E-state index in [0.717, 1.165) is 161 Å². The number of carboxylic acid groups (broad SMARTS) is 1. The van der Waals surface area contributed by atoms with Crippen molar-refractivity contribution in [2.75, 3.05) is 47.5 Å². The van der Waals surface area contributed by atoms with Gasteiger partial charge in [-0.15, -0.1) is 0 Å². The fourth-order valence-corrected chi connectivity index (χ4v) is 8.09. The first-order valence-corrected chi connectivity index (χ1v) is 32.3. The van der Waals surface area contributed by atoms with E-state index in [-0.39, 0.29) is 38.6 Å². The van der Waals surface area contributed by atoms with Crippen LogP contribution in [0.5, 0.6) is 0 Å². The van der Waals surface area contributed by atoms with E-state index in [9.17, 15) is 19.5 Å². The monoisotopic (exact) mass is 1150 g/mol. The number of carbonyl (C=O) groups excluding carboxylic acids is 2. The molecule has 9 nitrogen and oxygen atoms in total. The number of nitrogens with zero attached hydrogens (tertiary/aromatic N) is 1. The summed E-state index contributed by atoms with van der Waals surface area (Å²) in [5.74, 6) is -2.06. The molecule has 0 aromatic rings. The van der Waals surface area contributed by atoms with Crippen molar-refractivity contribution in [1.29, 1.82) is 0 Å². The average molecular weight is 1150 g/mol. The molecule has 0 aliphatic carbocycles. The molecule has 0 aromatic carbocycles. The first kappa shape index (κ1) is 77.7. The van der Waals surface area contributed by atoms with Gasteiger partial charge in [0.05, 0.1) is 34.4 Å². The van der Waals surface area contributed by atoms with E-state index in [1.807, 2.05) is 21.1 Å². The minimum Gasteiger partial charge on any atom is -0.477 e. The van der Waals surface area contributed by atoms with Gasteiger partial charge in [0, 0.05) is 12.8 Å². The first-order valence-electron chi connectivity index (χ1n) is 32.3. The van der Waals surface area contributed by atoms with Gasteiger partial charge >= 0.3 is 17.9 Å². The zero-order chi connectivity index (χ0) is 60.5. The van der Waals surface area contributed by atoms with Crippen LogP contribution in [-0.4, -0.2) is 87.4 Å². The van der Waals surface area contributed by atoms with Crippen molar-refractivity contribution in [2.45, 2.75) is 232 Å². The molecule has 0 spiro atoms. The number of ether oxygens (including phenoxy) is 4. The van der Waals surface area contributed by atoms with Crippen LogP contribution in [0, 0.1) is 0 Å². The number of esters is 2. The molecule has 9 heteroatoms. The van der Waals surface area contributed by atoms with E-state index >= 15 is 0 Å². The van der Waals surface area contributed by atoms with Gasteiger partial charge in [-0.05, 0) is 128 Å². The number of carboxylic acids is 1. The van der Waals surface area contributed by atoms with Crippen LogP contribution in [0.15, 0.2) is 170 Å². The molecule has 0 aliphatic rings. The Morgan fingerprint density at radius 2 is 0.651 bits per heavy atom. The molecule has 0 aliphatic heterocycles. The molecule has 0 rings (SSSR count). The summed E-state index contributed by atoms with van der Waals surface area (Å²) in [5, 5.41) is 9.73. The van der Waals surface area contributed by atoms with E-state index in [2.05, 4.69) is 184 Å². The number of aliphatic carboxylic acids is 1. The summed E-state index contributed by atoms with van der Waals surface area (Å²) in [6.07, 6.45) is 91.5. The number of unbranched alkanes of at least 4 members (excludes halogenated alkanes) is 14. The number of likely N-dealkylation sites (N-methyl/N-ethyl adjacent to an activating group) is 1. The van der Waals surface area contributed by atoms with Crippen LogP contribution in [0.1, 0.15) is 219 Å². The Kier molecular flexibility index (Phi) is 58.6. The molecule has 0 saturated carbocycles. The highest BCUT2D eigenvalue weighted by molar-refractivity contribution is 5.71. The van der Waals surface area contributed by atoms with E-state index in [0.29, 0.717) is 17.4 Å². The van der Waals surface area contributed by atoms with Crippen molar-refractivity contribution in [1.82, 2.24) is 0 Å². The summed E-state index contributed by atoms with van der Waals surface area (Å²) < 4.78 is 22.9. The lowest BCUT2D eigenvalue weighted by Gasteiger charge is -2.25. The number of rotatable bonds is 57. The minimum atomic E-state index is -1.53. The van der Waals surface area contributed by atoms with Crippen LogP contribution >= 0.6 is 0 Å². The number of carbonyl (C=O) groups is 3. The van der Waals surface area contributed by atoms with Crippen molar-refractivity contribution >= 4 is 17.9 Å². The summed E-state index contributed by atoms with van der Waals surface area (Å²) >= 11 is 0. The van der Waals surface area contributed by atoms with Gasteiger partial charge in [0.15, 0.2) is 6.10 Å².